The normalized spacial score (nSPS) is 1.00. The van der Waals surface area contributed by atoms with E-state index in [1.165, 1.54) is 18.0 Å². The molecule has 0 aromatic carbocycles. The van der Waals surface area contributed by atoms with Crippen LogP contribution in [0.3, 0.4) is 0 Å². The molecule has 0 aliphatic heterocycles. The molecule has 0 nitrogen and oxygen atoms in total. The quantitative estimate of drug-likeness (QED) is 0.523. The molecule has 0 bridgehead atoms. The van der Waals surface area contributed by atoms with Crippen LogP contribution in [0.1, 0.15) is 0 Å². The SMILES string of the molecule is [Cu].[Mg].[S]=[Mo]. The summed E-state index contributed by atoms with van der Waals surface area (Å²) in [6.45, 7) is 0. The first kappa shape index (κ1) is 16.4. The average Bonchev–Trinajstić information content (AvgIpc) is 1.00. The van der Waals surface area contributed by atoms with Crippen molar-refractivity contribution in [3.05, 3.63) is 0 Å². The van der Waals surface area contributed by atoms with E-state index in [1.807, 2.05) is 0 Å². The fraction of sp³-hybridized carbons (Fsp3) is 0. The standard InChI is InChI=1S/Cu.Mg.Mo.S. The first-order chi connectivity index (χ1) is 1.00. The number of hydrogen-bond acceptors (Lipinski definition) is 1. The van der Waals surface area contributed by atoms with Gasteiger partial charge in [0.25, 0.3) is 0 Å². The second kappa shape index (κ2) is 19.0. The molecule has 0 aromatic heterocycles. The van der Waals surface area contributed by atoms with E-state index in [2.05, 4.69) is 9.82 Å². The fourth-order valence-corrected chi connectivity index (χ4v) is 0. The van der Waals surface area contributed by atoms with Crippen molar-refractivity contribution < 1.29 is 35.1 Å². The topological polar surface area (TPSA) is 0 Å². The van der Waals surface area contributed by atoms with Crippen LogP contribution in [-0.2, 0) is 35.1 Å². The molecule has 0 aliphatic carbocycles. The van der Waals surface area contributed by atoms with Crippen LogP contribution in [0.15, 0.2) is 0 Å². The van der Waals surface area contributed by atoms with Crippen molar-refractivity contribution in [2.75, 3.05) is 0 Å². The molecule has 0 fully saturated rings. The summed E-state index contributed by atoms with van der Waals surface area (Å²) >= 11 is 1.53. The second-order valence-electron chi connectivity index (χ2n) is 0. The van der Waals surface area contributed by atoms with Crippen LogP contribution in [0.2, 0.25) is 0 Å². The van der Waals surface area contributed by atoms with Gasteiger partial charge in [-0.15, -0.1) is 0 Å². The van der Waals surface area contributed by atoms with Crippen LogP contribution in [0.25, 0.3) is 0 Å². The van der Waals surface area contributed by atoms with Gasteiger partial charge >= 0.3 is 27.8 Å². The van der Waals surface area contributed by atoms with E-state index in [4.69, 9.17) is 0 Å². The van der Waals surface area contributed by atoms with Crippen molar-refractivity contribution >= 4 is 32.9 Å². The van der Waals surface area contributed by atoms with Gasteiger partial charge in [-0.1, -0.05) is 0 Å². The molecule has 0 saturated heterocycles. The van der Waals surface area contributed by atoms with E-state index < -0.39 is 0 Å². The van der Waals surface area contributed by atoms with Gasteiger partial charge < -0.3 is 0 Å². The van der Waals surface area contributed by atoms with Crippen LogP contribution >= 0.6 is 9.82 Å². The molecule has 0 aromatic rings. The van der Waals surface area contributed by atoms with E-state index in [-0.39, 0.29) is 40.1 Å². The summed E-state index contributed by atoms with van der Waals surface area (Å²) in [5, 5.41) is 0. The van der Waals surface area contributed by atoms with Gasteiger partial charge in [0.1, 0.15) is 0 Å². The van der Waals surface area contributed by atoms with Gasteiger partial charge in [0.05, 0.1) is 0 Å². The molecule has 4 heteroatoms. The molecule has 0 spiro atoms. The summed E-state index contributed by atoms with van der Waals surface area (Å²) in [5.74, 6) is 0. The Kier molecular flexibility index (Phi) is 77.7. The second-order valence-corrected chi connectivity index (χ2v) is 0. The molecule has 0 unspecified atom stereocenters. The molecular formula is CuMgMoS. The predicted octanol–water partition coefficient (Wildman–Crippen LogP) is 0.262. The Labute approximate surface area is 67.1 Å². The van der Waals surface area contributed by atoms with E-state index in [9.17, 15) is 0 Å². The Morgan fingerprint density at radius 1 is 1.25 bits per heavy atom. The minimum absolute atomic E-state index is 0. The monoisotopic (exact) mass is 217 g/mol. The van der Waals surface area contributed by atoms with Crippen molar-refractivity contribution in [3.63, 3.8) is 0 Å². The van der Waals surface area contributed by atoms with Crippen molar-refractivity contribution in [1.82, 2.24) is 0 Å². The van der Waals surface area contributed by atoms with Crippen LogP contribution in [0.4, 0.5) is 0 Å². The molecule has 0 heterocycles. The number of rotatable bonds is 0. The third-order valence-corrected chi connectivity index (χ3v) is 0. The zero-order valence-electron chi connectivity index (χ0n) is 1.83. The molecule has 4 heavy (non-hydrogen) atoms. The fourth-order valence-electron chi connectivity index (χ4n) is 0. The van der Waals surface area contributed by atoms with Gasteiger partial charge in [0.15, 0.2) is 0 Å². The van der Waals surface area contributed by atoms with E-state index >= 15 is 0 Å². The molecule has 25 valence electrons. The predicted molar refractivity (Wildman–Crippen MR) is 13.3 cm³/mol. The molecule has 0 atom stereocenters. The first-order valence-electron chi connectivity index (χ1n) is 0.167. The molecule has 3 radical (unpaired) electrons. The van der Waals surface area contributed by atoms with Crippen LogP contribution in [0, 0.1) is 0 Å². The summed E-state index contributed by atoms with van der Waals surface area (Å²) in [6.07, 6.45) is 0. The van der Waals surface area contributed by atoms with Crippen LogP contribution < -0.4 is 0 Å². The van der Waals surface area contributed by atoms with Crippen LogP contribution in [-0.4, -0.2) is 23.1 Å². The zero-order chi connectivity index (χ0) is 2.00. The first-order valence-corrected chi connectivity index (χ1v) is 2.96. The Hall–Kier alpha value is 2.19. The third kappa shape index (κ3) is 8.89. The maximum atomic E-state index is 4.09. The summed E-state index contributed by atoms with van der Waals surface area (Å²) in [4.78, 5) is 0. The van der Waals surface area contributed by atoms with Gasteiger partial charge in [-0.3, -0.25) is 0 Å². The van der Waals surface area contributed by atoms with E-state index in [0.717, 1.165) is 0 Å². The Balaban J connectivity index is -0.00000000500. The van der Waals surface area contributed by atoms with E-state index in [1.54, 1.807) is 0 Å². The molecule has 0 aliphatic rings. The maximum absolute atomic E-state index is 4.09. The molecule has 0 amide bonds. The Morgan fingerprint density at radius 3 is 1.25 bits per heavy atom. The zero-order valence-corrected chi connectivity index (χ0v) is 7.00. The molecule has 0 rings (SSSR count). The van der Waals surface area contributed by atoms with Crippen molar-refractivity contribution in [3.8, 4) is 0 Å². The van der Waals surface area contributed by atoms with Gasteiger partial charge in [0.2, 0.25) is 0 Å². The van der Waals surface area contributed by atoms with Crippen molar-refractivity contribution in [2.24, 2.45) is 0 Å². The van der Waals surface area contributed by atoms with Crippen molar-refractivity contribution in [1.29, 1.82) is 0 Å². The van der Waals surface area contributed by atoms with Gasteiger partial charge in [-0.2, -0.15) is 0 Å². The van der Waals surface area contributed by atoms with Gasteiger partial charge in [-0.05, 0) is 0 Å². The average molecular weight is 216 g/mol. The summed E-state index contributed by atoms with van der Waals surface area (Å²) in [5.41, 5.74) is 0. The molecule has 0 saturated carbocycles. The van der Waals surface area contributed by atoms with Gasteiger partial charge in [-0.25, -0.2) is 0 Å². The Morgan fingerprint density at radius 2 is 1.25 bits per heavy atom. The summed E-state index contributed by atoms with van der Waals surface area (Å²) in [7, 11) is 4.09. The third-order valence-electron chi connectivity index (χ3n) is 0. The number of hydrogen-bond donors (Lipinski definition) is 0. The molecule has 0 N–H and O–H groups in total. The van der Waals surface area contributed by atoms with Crippen molar-refractivity contribution in [2.45, 2.75) is 0 Å². The van der Waals surface area contributed by atoms with E-state index in [0.29, 0.717) is 0 Å². The summed E-state index contributed by atoms with van der Waals surface area (Å²) < 4.78 is 0. The van der Waals surface area contributed by atoms with Crippen LogP contribution in [0.5, 0.6) is 0 Å². The Bertz CT molecular complexity index is 8.00. The minimum atomic E-state index is 0. The summed E-state index contributed by atoms with van der Waals surface area (Å²) in [6, 6.07) is 0. The van der Waals surface area contributed by atoms with Gasteiger partial charge in [0, 0.05) is 40.1 Å². The molecular weight excluding hydrogens is 216 g/mol.